The monoisotopic (exact) mass is 182 g/mol. The van der Waals surface area contributed by atoms with Crippen LogP contribution in [0.3, 0.4) is 0 Å². The predicted octanol–water partition coefficient (Wildman–Crippen LogP) is -0.172. The SMILES string of the molecule is CO.NNC(=O)Cc1ccccc1. The molecule has 0 saturated heterocycles. The van der Waals surface area contributed by atoms with Crippen molar-refractivity contribution in [2.24, 2.45) is 5.84 Å². The zero-order chi connectivity index (χ0) is 10.1. The van der Waals surface area contributed by atoms with Crippen molar-refractivity contribution >= 4 is 5.91 Å². The zero-order valence-corrected chi connectivity index (χ0v) is 7.53. The van der Waals surface area contributed by atoms with E-state index in [1.165, 1.54) is 0 Å². The van der Waals surface area contributed by atoms with Crippen LogP contribution in [-0.2, 0) is 11.2 Å². The van der Waals surface area contributed by atoms with Gasteiger partial charge in [0.05, 0.1) is 6.42 Å². The van der Waals surface area contributed by atoms with Crippen LogP contribution in [0.15, 0.2) is 30.3 Å². The molecule has 0 saturated carbocycles. The molecule has 4 nitrogen and oxygen atoms in total. The van der Waals surface area contributed by atoms with Crippen LogP contribution in [0.1, 0.15) is 5.56 Å². The first-order valence-electron chi connectivity index (χ1n) is 3.81. The van der Waals surface area contributed by atoms with Gasteiger partial charge in [0, 0.05) is 7.11 Å². The van der Waals surface area contributed by atoms with E-state index >= 15 is 0 Å². The molecule has 1 amide bonds. The number of nitrogens with one attached hydrogen (secondary N) is 1. The molecule has 4 heteroatoms. The van der Waals surface area contributed by atoms with Crippen molar-refractivity contribution in [1.29, 1.82) is 0 Å². The fraction of sp³-hybridized carbons (Fsp3) is 0.222. The van der Waals surface area contributed by atoms with Gasteiger partial charge in [0.15, 0.2) is 0 Å². The summed E-state index contributed by atoms with van der Waals surface area (Å²) in [4.78, 5) is 10.7. The number of nitrogens with two attached hydrogens (primary N) is 1. The fourth-order valence-corrected chi connectivity index (χ4v) is 0.832. The van der Waals surface area contributed by atoms with E-state index in [4.69, 9.17) is 10.9 Å². The van der Waals surface area contributed by atoms with Crippen LogP contribution in [0, 0.1) is 0 Å². The Morgan fingerprint density at radius 2 is 1.92 bits per heavy atom. The summed E-state index contributed by atoms with van der Waals surface area (Å²) < 4.78 is 0. The summed E-state index contributed by atoms with van der Waals surface area (Å²) >= 11 is 0. The van der Waals surface area contributed by atoms with E-state index in [9.17, 15) is 4.79 Å². The molecule has 0 fully saturated rings. The van der Waals surface area contributed by atoms with E-state index in [0.29, 0.717) is 6.42 Å². The van der Waals surface area contributed by atoms with Crippen molar-refractivity contribution in [3.05, 3.63) is 35.9 Å². The molecule has 0 aliphatic heterocycles. The number of rotatable bonds is 2. The molecule has 4 N–H and O–H groups in total. The summed E-state index contributed by atoms with van der Waals surface area (Å²) in [6.45, 7) is 0. The number of benzene rings is 1. The lowest BCUT2D eigenvalue weighted by molar-refractivity contribution is -0.120. The molecule has 13 heavy (non-hydrogen) atoms. The van der Waals surface area contributed by atoms with Gasteiger partial charge in [0.2, 0.25) is 5.91 Å². The van der Waals surface area contributed by atoms with E-state index in [2.05, 4.69) is 5.43 Å². The molecule has 0 aliphatic rings. The van der Waals surface area contributed by atoms with Crippen LogP contribution in [0.25, 0.3) is 0 Å². The Bertz CT molecular complexity index is 237. The number of hydrogen-bond donors (Lipinski definition) is 3. The molecule has 1 rings (SSSR count). The highest BCUT2D eigenvalue weighted by atomic mass is 16.2. The second kappa shape index (κ2) is 7.27. The van der Waals surface area contributed by atoms with E-state index < -0.39 is 0 Å². The molecule has 72 valence electrons. The Labute approximate surface area is 77.3 Å². The number of hydrazine groups is 1. The number of amides is 1. The maximum atomic E-state index is 10.7. The number of aliphatic hydroxyl groups is 1. The van der Waals surface area contributed by atoms with Crippen LogP contribution >= 0.6 is 0 Å². The summed E-state index contributed by atoms with van der Waals surface area (Å²) in [5.41, 5.74) is 3.04. The Balaban J connectivity index is 0.000000671. The van der Waals surface area contributed by atoms with Gasteiger partial charge in [-0.2, -0.15) is 0 Å². The summed E-state index contributed by atoms with van der Waals surface area (Å²) in [5, 5.41) is 7.00. The quantitative estimate of drug-likeness (QED) is 0.337. The van der Waals surface area contributed by atoms with Crippen LogP contribution < -0.4 is 11.3 Å². The van der Waals surface area contributed by atoms with E-state index in [-0.39, 0.29) is 5.91 Å². The summed E-state index contributed by atoms with van der Waals surface area (Å²) in [6.07, 6.45) is 0.345. The first-order chi connectivity index (χ1) is 6.33. The molecule has 0 unspecified atom stereocenters. The fourth-order valence-electron chi connectivity index (χ4n) is 0.832. The van der Waals surface area contributed by atoms with Crippen LogP contribution in [0.4, 0.5) is 0 Å². The van der Waals surface area contributed by atoms with Gasteiger partial charge in [-0.1, -0.05) is 30.3 Å². The van der Waals surface area contributed by atoms with Gasteiger partial charge < -0.3 is 5.11 Å². The number of aliphatic hydroxyl groups excluding tert-OH is 1. The average Bonchev–Trinajstić information content (AvgIpc) is 2.22. The number of carbonyl (C=O) groups is 1. The molecule has 0 bridgehead atoms. The van der Waals surface area contributed by atoms with E-state index in [1.807, 2.05) is 30.3 Å². The summed E-state index contributed by atoms with van der Waals surface area (Å²) in [6, 6.07) is 9.45. The molecular formula is C9H14N2O2. The van der Waals surface area contributed by atoms with Gasteiger partial charge >= 0.3 is 0 Å². The second-order valence-electron chi connectivity index (χ2n) is 2.23. The highest BCUT2D eigenvalue weighted by Gasteiger charge is 1.98. The largest absolute Gasteiger partial charge is 0.400 e. The van der Waals surface area contributed by atoms with Crippen molar-refractivity contribution in [3.63, 3.8) is 0 Å². The molecule has 0 aliphatic carbocycles. The van der Waals surface area contributed by atoms with Crippen LogP contribution in [-0.4, -0.2) is 18.1 Å². The van der Waals surface area contributed by atoms with E-state index in [1.54, 1.807) is 0 Å². The second-order valence-corrected chi connectivity index (χ2v) is 2.23. The maximum absolute atomic E-state index is 10.7. The smallest absolute Gasteiger partial charge is 0.238 e. The third-order valence-corrected chi connectivity index (χ3v) is 1.37. The lowest BCUT2D eigenvalue weighted by Gasteiger charge is -1.97. The van der Waals surface area contributed by atoms with Crippen molar-refractivity contribution in [3.8, 4) is 0 Å². The molecule has 1 aromatic carbocycles. The lowest BCUT2D eigenvalue weighted by Crippen LogP contribution is -2.31. The minimum atomic E-state index is -0.170. The minimum absolute atomic E-state index is 0.170. The molecule has 0 spiro atoms. The maximum Gasteiger partial charge on any atom is 0.238 e. The number of hydrogen-bond acceptors (Lipinski definition) is 3. The van der Waals surface area contributed by atoms with Gasteiger partial charge in [-0.3, -0.25) is 10.2 Å². The Hall–Kier alpha value is -1.39. The predicted molar refractivity (Wildman–Crippen MR) is 50.6 cm³/mol. The normalized spacial score (nSPS) is 8.23. The third kappa shape index (κ3) is 4.95. The van der Waals surface area contributed by atoms with Gasteiger partial charge in [0.25, 0.3) is 0 Å². The average molecular weight is 182 g/mol. The van der Waals surface area contributed by atoms with Crippen LogP contribution in [0.2, 0.25) is 0 Å². The topological polar surface area (TPSA) is 75.3 Å². The standard InChI is InChI=1S/C8H10N2O.CH4O/c9-10-8(11)6-7-4-2-1-3-5-7;1-2/h1-5H,6,9H2,(H,10,11);2H,1H3. The van der Waals surface area contributed by atoms with Gasteiger partial charge in [-0.25, -0.2) is 5.84 Å². The molecular weight excluding hydrogens is 168 g/mol. The summed E-state index contributed by atoms with van der Waals surface area (Å²) in [7, 11) is 1.00. The Kier molecular flexibility index (Phi) is 6.49. The van der Waals surface area contributed by atoms with Gasteiger partial charge in [-0.05, 0) is 5.56 Å². The molecule has 1 aromatic rings. The van der Waals surface area contributed by atoms with Crippen molar-refractivity contribution in [2.75, 3.05) is 7.11 Å². The van der Waals surface area contributed by atoms with E-state index in [0.717, 1.165) is 12.7 Å². The number of carbonyl (C=O) groups excluding carboxylic acids is 1. The third-order valence-electron chi connectivity index (χ3n) is 1.37. The molecule has 0 aromatic heterocycles. The van der Waals surface area contributed by atoms with Crippen molar-refractivity contribution < 1.29 is 9.90 Å². The van der Waals surface area contributed by atoms with Crippen molar-refractivity contribution in [1.82, 2.24) is 5.43 Å². The van der Waals surface area contributed by atoms with Gasteiger partial charge in [0.1, 0.15) is 0 Å². The Morgan fingerprint density at radius 3 is 2.38 bits per heavy atom. The molecule has 0 atom stereocenters. The molecule has 0 heterocycles. The van der Waals surface area contributed by atoms with Crippen LogP contribution in [0.5, 0.6) is 0 Å². The minimum Gasteiger partial charge on any atom is -0.400 e. The van der Waals surface area contributed by atoms with Crippen molar-refractivity contribution in [2.45, 2.75) is 6.42 Å². The molecule has 0 radical (unpaired) electrons. The Morgan fingerprint density at radius 1 is 1.38 bits per heavy atom. The lowest BCUT2D eigenvalue weighted by atomic mass is 10.1. The summed E-state index contributed by atoms with van der Waals surface area (Å²) in [5.74, 6) is 4.75. The highest BCUT2D eigenvalue weighted by molar-refractivity contribution is 5.77. The highest BCUT2D eigenvalue weighted by Crippen LogP contribution is 1.98. The first kappa shape index (κ1) is 11.6. The van der Waals surface area contributed by atoms with Gasteiger partial charge in [-0.15, -0.1) is 0 Å². The zero-order valence-electron chi connectivity index (χ0n) is 7.53. The first-order valence-corrected chi connectivity index (χ1v) is 3.81.